The number of aryl methyl sites for hydroxylation is 1. The minimum absolute atomic E-state index is 0.187. The van der Waals surface area contributed by atoms with Crippen LogP contribution in [0.3, 0.4) is 0 Å². The van der Waals surface area contributed by atoms with Crippen molar-refractivity contribution in [3.63, 3.8) is 0 Å². The van der Waals surface area contributed by atoms with Crippen LogP contribution in [0.1, 0.15) is 29.2 Å². The molecule has 1 heterocycles. The molecule has 0 saturated carbocycles. The second-order valence-corrected chi connectivity index (χ2v) is 5.29. The highest BCUT2D eigenvalue weighted by Crippen LogP contribution is 2.35. The molecule has 0 aliphatic rings. The first-order valence-electron chi connectivity index (χ1n) is 6.01. The quantitative estimate of drug-likeness (QED) is 0.825. The normalized spacial score (nSPS) is 13.4. The third-order valence-electron chi connectivity index (χ3n) is 3.04. The van der Waals surface area contributed by atoms with Gasteiger partial charge in [-0.1, -0.05) is 0 Å². The lowest BCUT2D eigenvalue weighted by molar-refractivity contribution is -0.138. The highest BCUT2D eigenvalue weighted by molar-refractivity contribution is 7.07. The number of alkyl halides is 3. The highest BCUT2D eigenvalue weighted by Gasteiger charge is 2.34. The van der Waals surface area contributed by atoms with Gasteiger partial charge in [0.2, 0.25) is 0 Å². The Bertz CT molecular complexity index is 563. The van der Waals surface area contributed by atoms with Crippen LogP contribution in [0.2, 0.25) is 0 Å². The molecule has 1 atom stereocenters. The first-order chi connectivity index (χ1) is 9.38. The smallest absolute Gasteiger partial charge is 0.324 e. The third kappa shape index (κ3) is 3.58. The molecule has 20 heavy (non-hydrogen) atoms. The van der Waals surface area contributed by atoms with Crippen molar-refractivity contribution in [1.29, 1.82) is 0 Å². The fourth-order valence-corrected chi connectivity index (χ4v) is 2.71. The van der Waals surface area contributed by atoms with E-state index in [1.165, 1.54) is 11.3 Å². The van der Waals surface area contributed by atoms with Gasteiger partial charge >= 0.3 is 6.18 Å². The molecule has 0 saturated heterocycles. The minimum Gasteiger partial charge on any atom is -0.324 e. The van der Waals surface area contributed by atoms with E-state index in [9.17, 15) is 17.6 Å². The Hall–Kier alpha value is -1.40. The van der Waals surface area contributed by atoms with Gasteiger partial charge < -0.3 is 5.73 Å². The summed E-state index contributed by atoms with van der Waals surface area (Å²) in [5, 5.41) is 3.81. The van der Waals surface area contributed by atoms with Crippen molar-refractivity contribution in [1.82, 2.24) is 0 Å². The summed E-state index contributed by atoms with van der Waals surface area (Å²) in [4.78, 5) is 0. The van der Waals surface area contributed by atoms with E-state index < -0.39 is 23.6 Å². The molecular formula is C14H13F4NS. The fraction of sp³-hybridized carbons (Fsp3) is 0.286. The Morgan fingerprint density at radius 2 is 1.95 bits per heavy atom. The van der Waals surface area contributed by atoms with Gasteiger partial charge in [0, 0.05) is 6.04 Å². The van der Waals surface area contributed by atoms with Crippen LogP contribution < -0.4 is 5.73 Å². The Balaban J connectivity index is 2.19. The summed E-state index contributed by atoms with van der Waals surface area (Å²) >= 11 is 1.52. The van der Waals surface area contributed by atoms with Gasteiger partial charge in [-0.25, -0.2) is 4.39 Å². The van der Waals surface area contributed by atoms with E-state index in [-0.39, 0.29) is 5.56 Å². The summed E-state index contributed by atoms with van der Waals surface area (Å²) < 4.78 is 51.8. The number of hydrogen-bond acceptors (Lipinski definition) is 2. The van der Waals surface area contributed by atoms with Crippen LogP contribution in [-0.2, 0) is 12.6 Å². The summed E-state index contributed by atoms with van der Waals surface area (Å²) in [6.07, 6.45) is -3.62. The number of thiophene rings is 1. The average molecular weight is 303 g/mol. The van der Waals surface area contributed by atoms with Crippen molar-refractivity contribution in [2.24, 2.45) is 5.73 Å². The van der Waals surface area contributed by atoms with Gasteiger partial charge in [0.05, 0.1) is 5.56 Å². The van der Waals surface area contributed by atoms with E-state index >= 15 is 0 Å². The number of hydrogen-bond donors (Lipinski definition) is 1. The van der Waals surface area contributed by atoms with E-state index in [4.69, 9.17) is 5.73 Å². The van der Waals surface area contributed by atoms with Gasteiger partial charge in [-0.2, -0.15) is 24.5 Å². The Kier molecular flexibility index (Phi) is 4.45. The lowest BCUT2D eigenvalue weighted by Gasteiger charge is -2.18. The molecule has 1 unspecified atom stereocenters. The maximum atomic E-state index is 13.2. The van der Waals surface area contributed by atoms with Gasteiger partial charge in [0.25, 0.3) is 0 Å². The molecule has 2 N–H and O–H groups in total. The topological polar surface area (TPSA) is 26.0 Å². The molecule has 6 heteroatoms. The second-order valence-electron chi connectivity index (χ2n) is 4.51. The predicted molar refractivity (Wildman–Crippen MR) is 71.0 cm³/mol. The van der Waals surface area contributed by atoms with Crippen LogP contribution in [0.5, 0.6) is 0 Å². The second kappa shape index (κ2) is 5.93. The lowest BCUT2D eigenvalue weighted by Crippen LogP contribution is -2.18. The molecule has 0 amide bonds. The third-order valence-corrected chi connectivity index (χ3v) is 3.77. The maximum Gasteiger partial charge on any atom is 0.416 e. The largest absolute Gasteiger partial charge is 0.416 e. The highest BCUT2D eigenvalue weighted by atomic mass is 32.1. The SMILES string of the molecule is NC(CCc1ccsc1)c1cc(F)ccc1C(F)(F)F. The zero-order chi connectivity index (χ0) is 14.8. The molecule has 108 valence electrons. The molecular weight excluding hydrogens is 290 g/mol. The van der Waals surface area contributed by atoms with Crippen LogP contribution in [0, 0.1) is 5.82 Å². The Morgan fingerprint density at radius 3 is 2.55 bits per heavy atom. The molecule has 1 nitrogen and oxygen atoms in total. The molecule has 1 aromatic carbocycles. The van der Waals surface area contributed by atoms with Crippen molar-refractivity contribution in [3.8, 4) is 0 Å². The minimum atomic E-state index is -4.52. The Labute approximate surface area is 118 Å². The molecule has 1 aromatic heterocycles. The van der Waals surface area contributed by atoms with Crippen molar-refractivity contribution in [2.45, 2.75) is 25.1 Å². The monoisotopic (exact) mass is 303 g/mol. The molecule has 0 aliphatic carbocycles. The van der Waals surface area contributed by atoms with Gasteiger partial charge in [0.1, 0.15) is 5.82 Å². The Morgan fingerprint density at radius 1 is 1.20 bits per heavy atom. The van der Waals surface area contributed by atoms with E-state index in [1.54, 1.807) is 0 Å². The molecule has 0 radical (unpaired) electrons. The van der Waals surface area contributed by atoms with Gasteiger partial charge in [-0.05, 0) is 59.0 Å². The molecule has 0 spiro atoms. The molecule has 0 aliphatic heterocycles. The molecule has 2 rings (SSSR count). The van der Waals surface area contributed by atoms with Crippen LogP contribution in [0.25, 0.3) is 0 Å². The molecule has 2 aromatic rings. The summed E-state index contributed by atoms with van der Waals surface area (Å²) in [6.45, 7) is 0. The summed E-state index contributed by atoms with van der Waals surface area (Å²) in [5.74, 6) is -0.709. The van der Waals surface area contributed by atoms with Gasteiger partial charge in [-0.3, -0.25) is 0 Å². The van der Waals surface area contributed by atoms with E-state index in [1.807, 2.05) is 16.8 Å². The first kappa shape index (κ1) is 15.0. The summed E-state index contributed by atoms with van der Waals surface area (Å²) in [5.41, 5.74) is 5.79. The van der Waals surface area contributed by atoms with Crippen LogP contribution in [0.4, 0.5) is 17.6 Å². The zero-order valence-corrected chi connectivity index (χ0v) is 11.3. The number of halogens is 4. The maximum absolute atomic E-state index is 13.2. The molecule has 0 fully saturated rings. The fourth-order valence-electron chi connectivity index (χ4n) is 2.01. The first-order valence-corrected chi connectivity index (χ1v) is 6.95. The van der Waals surface area contributed by atoms with Crippen LogP contribution in [0.15, 0.2) is 35.0 Å². The standard InChI is InChI=1S/C14H13F4NS/c15-10-2-3-12(14(16,17)18)11(7-10)13(19)4-1-9-5-6-20-8-9/h2-3,5-8,13H,1,4,19H2. The lowest BCUT2D eigenvalue weighted by atomic mass is 9.96. The van der Waals surface area contributed by atoms with Crippen molar-refractivity contribution in [2.75, 3.05) is 0 Å². The zero-order valence-electron chi connectivity index (χ0n) is 10.5. The van der Waals surface area contributed by atoms with Gasteiger partial charge in [0.15, 0.2) is 0 Å². The van der Waals surface area contributed by atoms with Crippen LogP contribution >= 0.6 is 11.3 Å². The van der Waals surface area contributed by atoms with E-state index in [0.717, 1.165) is 23.8 Å². The van der Waals surface area contributed by atoms with Gasteiger partial charge in [-0.15, -0.1) is 0 Å². The summed E-state index contributed by atoms with van der Waals surface area (Å²) in [6, 6.07) is 3.48. The van der Waals surface area contributed by atoms with E-state index in [0.29, 0.717) is 12.8 Å². The van der Waals surface area contributed by atoms with E-state index in [2.05, 4.69) is 0 Å². The predicted octanol–water partition coefficient (Wildman–Crippen LogP) is 4.54. The number of rotatable bonds is 4. The molecule has 0 bridgehead atoms. The van der Waals surface area contributed by atoms with Crippen LogP contribution in [-0.4, -0.2) is 0 Å². The summed E-state index contributed by atoms with van der Waals surface area (Å²) in [7, 11) is 0. The van der Waals surface area contributed by atoms with Crippen molar-refractivity contribution in [3.05, 3.63) is 57.5 Å². The van der Waals surface area contributed by atoms with Crippen molar-refractivity contribution >= 4 is 11.3 Å². The number of nitrogens with two attached hydrogens (primary N) is 1. The van der Waals surface area contributed by atoms with Crippen molar-refractivity contribution < 1.29 is 17.6 Å². The average Bonchev–Trinajstić information content (AvgIpc) is 2.87. The number of benzene rings is 1.